The van der Waals surface area contributed by atoms with E-state index in [2.05, 4.69) is 4.74 Å². The molecule has 0 bridgehead atoms. The van der Waals surface area contributed by atoms with E-state index in [1.807, 2.05) is 36.4 Å². The van der Waals surface area contributed by atoms with Crippen LogP contribution in [0.15, 0.2) is 36.4 Å². The second kappa shape index (κ2) is 11.7. The zero-order valence-corrected chi connectivity index (χ0v) is 13.9. The smallest absolute Gasteiger partial charge is 0.305 e. The van der Waals surface area contributed by atoms with E-state index in [0.29, 0.717) is 19.4 Å². The number of hydrogen-bond acceptors (Lipinski definition) is 5. The van der Waals surface area contributed by atoms with Crippen LogP contribution in [0.4, 0.5) is 0 Å². The number of rotatable bonds is 11. The van der Waals surface area contributed by atoms with Crippen molar-refractivity contribution in [3.8, 4) is 5.75 Å². The van der Waals surface area contributed by atoms with Gasteiger partial charge in [0.1, 0.15) is 5.75 Å². The third-order valence-electron chi connectivity index (χ3n) is 3.39. The molecule has 0 heterocycles. The highest BCUT2D eigenvalue weighted by Crippen LogP contribution is 2.13. The summed E-state index contributed by atoms with van der Waals surface area (Å²) in [5.74, 6) is 0.622. The summed E-state index contributed by atoms with van der Waals surface area (Å²) in [7, 11) is 3.02. The largest absolute Gasteiger partial charge is 0.497 e. The lowest BCUT2D eigenvalue weighted by Gasteiger charge is -2.13. The van der Waals surface area contributed by atoms with E-state index in [-0.39, 0.29) is 18.7 Å². The molecule has 1 aromatic carbocycles. The molecule has 0 unspecified atom stereocenters. The van der Waals surface area contributed by atoms with Gasteiger partial charge < -0.3 is 19.3 Å². The number of carbonyl (C=O) groups is 1. The third-order valence-corrected chi connectivity index (χ3v) is 3.39. The first kappa shape index (κ1) is 19.2. The van der Waals surface area contributed by atoms with Crippen molar-refractivity contribution in [3.05, 3.63) is 42.0 Å². The molecular weight excluding hydrogens is 296 g/mol. The molecule has 1 rings (SSSR count). The highest BCUT2D eigenvalue weighted by Gasteiger charge is 2.06. The summed E-state index contributed by atoms with van der Waals surface area (Å²) in [6, 6.07) is 7.65. The van der Waals surface area contributed by atoms with Gasteiger partial charge in [0, 0.05) is 6.42 Å². The van der Waals surface area contributed by atoms with Crippen LogP contribution in [0.5, 0.6) is 5.75 Å². The maximum Gasteiger partial charge on any atom is 0.305 e. The molecule has 0 aliphatic heterocycles. The van der Waals surface area contributed by atoms with Crippen LogP contribution in [-0.4, -0.2) is 38.0 Å². The first-order valence-electron chi connectivity index (χ1n) is 7.76. The Hall–Kier alpha value is -1.85. The summed E-state index contributed by atoms with van der Waals surface area (Å²) < 4.78 is 15.4. The summed E-state index contributed by atoms with van der Waals surface area (Å²) >= 11 is 0. The number of hydrogen-bond donors (Lipinski definition) is 1. The molecule has 0 radical (unpaired) electrons. The Bertz CT molecular complexity index is 467. The molecule has 0 amide bonds. The number of esters is 1. The van der Waals surface area contributed by atoms with Crippen molar-refractivity contribution in [1.29, 1.82) is 0 Å². The Morgan fingerprint density at radius 2 is 1.96 bits per heavy atom. The van der Waals surface area contributed by atoms with E-state index in [9.17, 15) is 9.90 Å². The van der Waals surface area contributed by atoms with E-state index >= 15 is 0 Å². The lowest BCUT2D eigenvalue weighted by atomic mass is 10.2. The standard InChI is InChI=1S/C18H26O5/c1-21-16-11-9-15(10-12-16)14-23-17(13-19)7-5-3-4-6-8-18(20)22-2/h3,5,9-12,17,19H,4,6-8,13-14H2,1-2H3/b5-3-/t17-/m0/s1. The second-order valence-corrected chi connectivity index (χ2v) is 5.14. The molecule has 0 saturated carbocycles. The van der Waals surface area contributed by atoms with Gasteiger partial charge >= 0.3 is 5.97 Å². The van der Waals surface area contributed by atoms with Gasteiger partial charge in [-0.1, -0.05) is 24.3 Å². The summed E-state index contributed by atoms with van der Waals surface area (Å²) in [5, 5.41) is 9.35. The van der Waals surface area contributed by atoms with Crippen LogP contribution in [0.3, 0.4) is 0 Å². The fourth-order valence-corrected chi connectivity index (χ4v) is 1.96. The van der Waals surface area contributed by atoms with Crippen molar-refractivity contribution >= 4 is 5.97 Å². The van der Waals surface area contributed by atoms with Gasteiger partial charge in [-0.15, -0.1) is 0 Å². The number of unbranched alkanes of at least 4 members (excludes halogenated alkanes) is 1. The Balaban J connectivity index is 2.24. The molecule has 5 nitrogen and oxygen atoms in total. The first-order chi connectivity index (χ1) is 11.2. The van der Waals surface area contributed by atoms with Gasteiger partial charge in [-0.05, 0) is 37.0 Å². The highest BCUT2D eigenvalue weighted by atomic mass is 16.5. The number of aliphatic hydroxyl groups is 1. The summed E-state index contributed by atoms with van der Waals surface area (Å²) in [6.07, 6.45) is 6.40. The van der Waals surface area contributed by atoms with Crippen LogP contribution >= 0.6 is 0 Å². The van der Waals surface area contributed by atoms with Crippen molar-refractivity contribution in [2.45, 2.75) is 38.4 Å². The molecular formula is C18H26O5. The summed E-state index contributed by atoms with van der Waals surface area (Å²) in [5.41, 5.74) is 1.03. The summed E-state index contributed by atoms with van der Waals surface area (Å²) in [6.45, 7) is 0.425. The zero-order valence-electron chi connectivity index (χ0n) is 13.9. The minimum Gasteiger partial charge on any atom is -0.497 e. The number of methoxy groups -OCH3 is 2. The normalized spacial score (nSPS) is 12.3. The van der Waals surface area contributed by atoms with E-state index in [1.54, 1.807) is 7.11 Å². The molecule has 128 valence electrons. The molecule has 0 aromatic heterocycles. The van der Waals surface area contributed by atoms with Gasteiger partial charge in [0.05, 0.1) is 33.5 Å². The molecule has 1 N–H and O–H groups in total. The monoisotopic (exact) mass is 322 g/mol. The SMILES string of the molecule is COC(=O)CCC/C=C\C[C@@H](CO)OCc1ccc(OC)cc1. The van der Waals surface area contributed by atoms with E-state index in [4.69, 9.17) is 9.47 Å². The Kier molecular flexibility index (Phi) is 9.75. The average molecular weight is 322 g/mol. The van der Waals surface area contributed by atoms with Crippen LogP contribution in [0.25, 0.3) is 0 Å². The third kappa shape index (κ3) is 8.38. The van der Waals surface area contributed by atoms with Crippen LogP contribution in [-0.2, 0) is 20.9 Å². The number of carbonyl (C=O) groups excluding carboxylic acids is 1. The van der Waals surface area contributed by atoms with Crippen LogP contribution in [0, 0.1) is 0 Å². The predicted octanol–water partition coefficient (Wildman–Crippen LogP) is 2.86. The highest BCUT2D eigenvalue weighted by molar-refractivity contribution is 5.69. The fourth-order valence-electron chi connectivity index (χ4n) is 1.96. The van der Waals surface area contributed by atoms with E-state index < -0.39 is 0 Å². The van der Waals surface area contributed by atoms with Crippen molar-refractivity contribution in [2.75, 3.05) is 20.8 Å². The molecule has 0 aliphatic carbocycles. The molecule has 1 aromatic rings. The zero-order chi connectivity index (χ0) is 16.9. The van der Waals surface area contributed by atoms with Gasteiger partial charge in [0.2, 0.25) is 0 Å². The van der Waals surface area contributed by atoms with Crippen molar-refractivity contribution in [1.82, 2.24) is 0 Å². The quantitative estimate of drug-likeness (QED) is 0.385. The van der Waals surface area contributed by atoms with Gasteiger partial charge in [-0.25, -0.2) is 0 Å². The predicted molar refractivity (Wildman–Crippen MR) is 88.3 cm³/mol. The molecule has 1 atom stereocenters. The Morgan fingerprint density at radius 1 is 1.22 bits per heavy atom. The van der Waals surface area contributed by atoms with E-state index in [1.165, 1.54) is 7.11 Å². The number of allylic oxidation sites excluding steroid dienone is 1. The average Bonchev–Trinajstić information content (AvgIpc) is 2.60. The van der Waals surface area contributed by atoms with Gasteiger partial charge in [0.15, 0.2) is 0 Å². The molecule has 0 spiro atoms. The van der Waals surface area contributed by atoms with Crippen molar-refractivity contribution in [3.63, 3.8) is 0 Å². The van der Waals surface area contributed by atoms with Crippen molar-refractivity contribution in [2.24, 2.45) is 0 Å². The van der Waals surface area contributed by atoms with Crippen molar-refractivity contribution < 1.29 is 24.1 Å². The molecule has 0 fully saturated rings. The molecule has 0 saturated heterocycles. The lowest BCUT2D eigenvalue weighted by molar-refractivity contribution is -0.140. The topological polar surface area (TPSA) is 65.0 Å². The van der Waals surface area contributed by atoms with Gasteiger partial charge in [-0.3, -0.25) is 4.79 Å². The van der Waals surface area contributed by atoms with Gasteiger partial charge in [-0.2, -0.15) is 0 Å². The van der Waals surface area contributed by atoms with Crippen LogP contribution in [0.1, 0.15) is 31.2 Å². The van der Waals surface area contributed by atoms with Gasteiger partial charge in [0.25, 0.3) is 0 Å². The second-order valence-electron chi connectivity index (χ2n) is 5.14. The summed E-state index contributed by atoms with van der Waals surface area (Å²) in [4.78, 5) is 11.0. The molecule has 0 aliphatic rings. The Morgan fingerprint density at radius 3 is 2.57 bits per heavy atom. The first-order valence-corrected chi connectivity index (χ1v) is 7.76. The maximum absolute atomic E-state index is 11.0. The minimum absolute atomic E-state index is 0.0251. The number of benzene rings is 1. The minimum atomic E-state index is -0.228. The molecule has 23 heavy (non-hydrogen) atoms. The number of aliphatic hydroxyl groups excluding tert-OH is 1. The van der Waals surface area contributed by atoms with E-state index in [0.717, 1.165) is 24.2 Å². The van der Waals surface area contributed by atoms with Crippen LogP contribution < -0.4 is 4.74 Å². The number of ether oxygens (including phenoxy) is 3. The molecule has 5 heteroatoms. The van der Waals surface area contributed by atoms with Crippen LogP contribution in [0.2, 0.25) is 0 Å². The fraction of sp³-hybridized carbons (Fsp3) is 0.500. The Labute approximate surface area is 137 Å². The maximum atomic E-state index is 11.0. The lowest BCUT2D eigenvalue weighted by Crippen LogP contribution is -2.16.